The van der Waals surface area contributed by atoms with Crippen LogP contribution in [0.2, 0.25) is 0 Å². The summed E-state index contributed by atoms with van der Waals surface area (Å²) in [6, 6.07) is 6.07. The van der Waals surface area contributed by atoms with E-state index in [9.17, 15) is 14.7 Å². The lowest BCUT2D eigenvalue weighted by Gasteiger charge is -2.30. The van der Waals surface area contributed by atoms with E-state index >= 15 is 0 Å². The minimum Gasteiger partial charge on any atom is -0.478 e. The molecular formula is C22H24N4O4. The zero-order chi connectivity index (χ0) is 21.1. The Labute approximate surface area is 174 Å². The van der Waals surface area contributed by atoms with Crippen molar-refractivity contribution < 1.29 is 19.1 Å². The van der Waals surface area contributed by atoms with Gasteiger partial charge in [0.05, 0.1) is 11.3 Å². The Morgan fingerprint density at radius 2 is 1.97 bits per heavy atom. The molecule has 30 heavy (non-hydrogen) atoms. The minimum atomic E-state index is -1.07. The van der Waals surface area contributed by atoms with Gasteiger partial charge < -0.3 is 19.7 Å². The van der Waals surface area contributed by atoms with Gasteiger partial charge in [-0.2, -0.15) is 0 Å². The van der Waals surface area contributed by atoms with Crippen molar-refractivity contribution in [3.8, 4) is 0 Å². The number of carboxylic acid groups (broad SMARTS) is 1. The highest BCUT2D eigenvalue weighted by molar-refractivity contribution is 6.00. The summed E-state index contributed by atoms with van der Waals surface area (Å²) >= 11 is 0. The number of nitrogens with one attached hydrogen (secondary N) is 1. The summed E-state index contributed by atoms with van der Waals surface area (Å²) in [4.78, 5) is 25.6. The van der Waals surface area contributed by atoms with Gasteiger partial charge in [-0.05, 0) is 37.3 Å². The maximum Gasteiger partial charge on any atom is 0.337 e. The molecule has 1 aromatic carbocycles. The SMILES string of the molecule is CC1CC=CC=C1c1nnc(C2CCN(C(=O)Nc3ccccc3C(=O)O)CC2)o1. The number of likely N-dealkylation sites (tertiary alicyclic amines) is 1. The van der Waals surface area contributed by atoms with Crippen molar-refractivity contribution in [3.63, 3.8) is 0 Å². The molecule has 2 amide bonds. The first-order chi connectivity index (χ1) is 14.5. The number of amides is 2. The van der Waals surface area contributed by atoms with Crippen molar-refractivity contribution in [2.75, 3.05) is 18.4 Å². The molecule has 1 unspecified atom stereocenters. The molecule has 1 aliphatic heterocycles. The van der Waals surface area contributed by atoms with E-state index < -0.39 is 5.97 Å². The largest absolute Gasteiger partial charge is 0.478 e. The van der Waals surface area contributed by atoms with Crippen LogP contribution in [0.3, 0.4) is 0 Å². The van der Waals surface area contributed by atoms with Crippen LogP contribution in [0.15, 0.2) is 46.9 Å². The van der Waals surface area contributed by atoms with Gasteiger partial charge in [0.25, 0.3) is 0 Å². The minimum absolute atomic E-state index is 0.0696. The number of nitrogens with zero attached hydrogens (tertiary/aromatic N) is 3. The van der Waals surface area contributed by atoms with Crippen molar-refractivity contribution in [1.29, 1.82) is 0 Å². The third-order valence-corrected chi connectivity index (χ3v) is 5.65. The van der Waals surface area contributed by atoms with Crippen molar-refractivity contribution in [3.05, 3.63) is 59.8 Å². The van der Waals surface area contributed by atoms with E-state index in [-0.39, 0.29) is 17.5 Å². The molecular weight excluding hydrogens is 384 g/mol. The second-order valence-corrected chi connectivity index (χ2v) is 7.67. The van der Waals surface area contributed by atoms with Crippen LogP contribution < -0.4 is 5.32 Å². The van der Waals surface area contributed by atoms with Crippen LogP contribution in [0.25, 0.3) is 5.57 Å². The number of benzene rings is 1. The number of aromatic carboxylic acids is 1. The Kier molecular flexibility index (Phi) is 5.65. The van der Waals surface area contributed by atoms with Crippen molar-refractivity contribution in [1.82, 2.24) is 15.1 Å². The van der Waals surface area contributed by atoms with Gasteiger partial charge in [-0.25, -0.2) is 9.59 Å². The van der Waals surface area contributed by atoms with Gasteiger partial charge in [-0.3, -0.25) is 0 Å². The Morgan fingerprint density at radius 3 is 2.70 bits per heavy atom. The van der Waals surface area contributed by atoms with Gasteiger partial charge in [0.1, 0.15) is 0 Å². The Hall–Kier alpha value is -3.42. The predicted octanol–water partition coefficient (Wildman–Crippen LogP) is 4.16. The van der Waals surface area contributed by atoms with Crippen LogP contribution in [0, 0.1) is 5.92 Å². The lowest BCUT2D eigenvalue weighted by molar-refractivity contribution is 0.0698. The number of anilines is 1. The number of aromatic nitrogens is 2. The maximum absolute atomic E-state index is 12.6. The van der Waals surface area contributed by atoms with Crippen LogP contribution in [0.5, 0.6) is 0 Å². The fraction of sp³-hybridized carbons (Fsp3) is 0.364. The van der Waals surface area contributed by atoms with E-state index in [0.29, 0.717) is 49.3 Å². The molecule has 1 aliphatic carbocycles. The van der Waals surface area contributed by atoms with Crippen molar-refractivity contribution in [2.45, 2.75) is 32.1 Å². The molecule has 2 N–H and O–H groups in total. The summed E-state index contributed by atoms with van der Waals surface area (Å²) in [6.07, 6.45) is 8.55. The van der Waals surface area contributed by atoms with E-state index in [1.54, 1.807) is 23.1 Å². The van der Waals surface area contributed by atoms with Crippen LogP contribution in [0.4, 0.5) is 10.5 Å². The number of hydrogen-bond acceptors (Lipinski definition) is 5. The number of urea groups is 1. The third kappa shape index (κ3) is 4.12. The second-order valence-electron chi connectivity index (χ2n) is 7.67. The number of carbonyl (C=O) groups is 2. The molecule has 1 atom stereocenters. The maximum atomic E-state index is 12.6. The number of para-hydroxylation sites is 1. The molecule has 1 aromatic heterocycles. The molecule has 1 fully saturated rings. The standard InChI is InChI=1S/C22H24N4O4/c1-14-6-2-3-7-16(14)20-25-24-19(30-20)15-10-12-26(13-11-15)22(29)23-18-9-5-4-8-17(18)21(27)28/h2-5,7-9,14-15H,6,10-13H2,1H3,(H,23,29)(H,27,28). The monoisotopic (exact) mass is 408 g/mol. The predicted molar refractivity (Wildman–Crippen MR) is 111 cm³/mol. The first kappa shape index (κ1) is 19.9. The van der Waals surface area contributed by atoms with Crippen LogP contribution in [0.1, 0.15) is 54.2 Å². The van der Waals surface area contributed by atoms with Crippen LogP contribution >= 0.6 is 0 Å². The van der Waals surface area contributed by atoms with E-state index in [1.165, 1.54) is 6.07 Å². The van der Waals surface area contributed by atoms with Crippen molar-refractivity contribution >= 4 is 23.3 Å². The summed E-state index contributed by atoms with van der Waals surface area (Å²) in [5.74, 6) is 0.574. The van der Waals surface area contributed by atoms with Gasteiger partial charge in [-0.1, -0.05) is 37.3 Å². The Bertz CT molecular complexity index is 1000. The Balaban J connectivity index is 1.36. The molecule has 8 nitrogen and oxygen atoms in total. The average molecular weight is 408 g/mol. The number of allylic oxidation sites excluding steroid dienone is 4. The molecule has 2 aliphatic rings. The summed E-state index contributed by atoms with van der Waals surface area (Å²) < 4.78 is 5.96. The Morgan fingerprint density at radius 1 is 1.20 bits per heavy atom. The highest BCUT2D eigenvalue weighted by atomic mass is 16.4. The highest BCUT2D eigenvalue weighted by Crippen LogP contribution is 2.32. The molecule has 0 bridgehead atoms. The molecule has 4 rings (SSSR count). The number of hydrogen-bond donors (Lipinski definition) is 2. The van der Waals surface area contributed by atoms with E-state index in [4.69, 9.17) is 4.42 Å². The zero-order valence-electron chi connectivity index (χ0n) is 16.7. The lowest BCUT2D eigenvalue weighted by Crippen LogP contribution is -2.40. The molecule has 156 valence electrons. The quantitative estimate of drug-likeness (QED) is 0.786. The summed E-state index contributed by atoms with van der Waals surface area (Å²) in [7, 11) is 0. The van der Waals surface area contributed by atoms with E-state index in [0.717, 1.165) is 12.0 Å². The molecule has 2 aromatic rings. The fourth-order valence-electron chi connectivity index (χ4n) is 3.85. The van der Waals surface area contributed by atoms with E-state index in [1.807, 2.05) is 12.2 Å². The average Bonchev–Trinajstić information content (AvgIpc) is 3.24. The first-order valence-corrected chi connectivity index (χ1v) is 10.1. The van der Waals surface area contributed by atoms with Gasteiger partial charge in [0.15, 0.2) is 0 Å². The summed E-state index contributed by atoms with van der Waals surface area (Å²) in [6.45, 7) is 3.20. The lowest BCUT2D eigenvalue weighted by atomic mass is 9.93. The molecule has 8 heteroatoms. The number of rotatable bonds is 4. The molecule has 0 radical (unpaired) electrons. The fourth-order valence-corrected chi connectivity index (χ4v) is 3.85. The van der Waals surface area contributed by atoms with Gasteiger partial charge in [0.2, 0.25) is 11.8 Å². The molecule has 1 saturated heterocycles. The topological polar surface area (TPSA) is 109 Å². The van der Waals surface area contributed by atoms with Crippen LogP contribution in [-0.2, 0) is 0 Å². The smallest absolute Gasteiger partial charge is 0.337 e. The zero-order valence-corrected chi connectivity index (χ0v) is 16.7. The third-order valence-electron chi connectivity index (χ3n) is 5.65. The number of piperidine rings is 1. The first-order valence-electron chi connectivity index (χ1n) is 10.1. The second kappa shape index (κ2) is 8.52. The molecule has 0 saturated carbocycles. The van der Waals surface area contributed by atoms with Crippen LogP contribution in [-0.4, -0.2) is 45.3 Å². The van der Waals surface area contributed by atoms with Gasteiger partial charge in [-0.15, -0.1) is 10.2 Å². The summed E-state index contributed by atoms with van der Waals surface area (Å²) in [5.41, 5.74) is 1.42. The number of carboxylic acids is 1. The van der Waals surface area contributed by atoms with E-state index in [2.05, 4.69) is 28.5 Å². The van der Waals surface area contributed by atoms with Gasteiger partial charge >= 0.3 is 12.0 Å². The van der Waals surface area contributed by atoms with Gasteiger partial charge in [0, 0.05) is 24.6 Å². The van der Waals surface area contributed by atoms with Crippen molar-refractivity contribution in [2.24, 2.45) is 5.92 Å². The number of carbonyl (C=O) groups excluding carboxylic acids is 1. The normalized spacial score (nSPS) is 19.4. The highest BCUT2D eigenvalue weighted by Gasteiger charge is 2.29. The molecule has 2 heterocycles. The summed E-state index contributed by atoms with van der Waals surface area (Å²) in [5, 5.41) is 20.5. The molecule has 0 spiro atoms.